The van der Waals surface area contributed by atoms with Crippen molar-refractivity contribution in [2.45, 2.75) is 27.2 Å². The highest BCUT2D eigenvalue weighted by molar-refractivity contribution is 5.00. The van der Waals surface area contributed by atoms with Gasteiger partial charge in [-0.3, -0.25) is 9.97 Å². The molecule has 0 atom stereocenters. The fourth-order valence-corrected chi connectivity index (χ4v) is 0.696. The van der Waals surface area contributed by atoms with Crippen LogP contribution in [0.15, 0.2) is 12.4 Å². The van der Waals surface area contributed by atoms with E-state index < -0.39 is 0 Å². The Balaban J connectivity index is 0.000000561. The van der Waals surface area contributed by atoms with Gasteiger partial charge in [-0.2, -0.15) is 0 Å². The molecule has 1 aromatic heterocycles. The molecule has 0 spiro atoms. The molecule has 1 aromatic rings. The van der Waals surface area contributed by atoms with Gasteiger partial charge in [-0.25, -0.2) is 0 Å². The van der Waals surface area contributed by atoms with Gasteiger partial charge in [-0.15, -0.1) is 0 Å². The topological polar surface area (TPSA) is 51.8 Å². The normalized spacial score (nSPS) is 8.67. The molecular formula is C9H17N3. The van der Waals surface area contributed by atoms with Crippen molar-refractivity contribution in [2.75, 3.05) is 6.54 Å². The summed E-state index contributed by atoms with van der Waals surface area (Å²) in [6, 6.07) is 0. The van der Waals surface area contributed by atoms with Crippen LogP contribution in [0.25, 0.3) is 0 Å². The molecule has 0 aromatic carbocycles. The molecule has 3 heteroatoms. The van der Waals surface area contributed by atoms with Crippen LogP contribution in [0.2, 0.25) is 0 Å². The maximum absolute atomic E-state index is 5.33. The molecule has 3 nitrogen and oxygen atoms in total. The monoisotopic (exact) mass is 167 g/mol. The van der Waals surface area contributed by atoms with Crippen molar-refractivity contribution >= 4 is 0 Å². The molecule has 0 radical (unpaired) electrons. The van der Waals surface area contributed by atoms with Crippen LogP contribution in [-0.2, 0) is 6.42 Å². The van der Waals surface area contributed by atoms with E-state index in [4.69, 9.17) is 5.73 Å². The zero-order valence-electron chi connectivity index (χ0n) is 8.04. The first kappa shape index (κ1) is 11.0. The van der Waals surface area contributed by atoms with E-state index in [1.165, 1.54) is 0 Å². The van der Waals surface area contributed by atoms with Crippen LogP contribution >= 0.6 is 0 Å². The Kier molecular flexibility index (Phi) is 6.19. The largest absolute Gasteiger partial charge is 0.330 e. The summed E-state index contributed by atoms with van der Waals surface area (Å²) in [5.74, 6) is 0. The van der Waals surface area contributed by atoms with E-state index in [2.05, 4.69) is 9.97 Å². The van der Waals surface area contributed by atoms with Crippen molar-refractivity contribution in [3.05, 3.63) is 23.8 Å². The van der Waals surface area contributed by atoms with Crippen molar-refractivity contribution in [2.24, 2.45) is 5.73 Å². The lowest BCUT2D eigenvalue weighted by Gasteiger charge is -1.95. The van der Waals surface area contributed by atoms with Crippen LogP contribution in [0.3, 0.4) is 0 Å². The minimum absolute atomic E-state index is 0.637. The Bertz CT molecular complexity index is 193. The summed E-state index contributed by atoms with van der Waals surface area (Å²) in [5.41, 5.74) is 7.24. The highest BCUT2D eigenvalue weighted by Gasteiger charge is 1.90. The maximum atomic E-state index is 5.33. The molecule has 0 aliphatic carbocycles. The van der Waals surface area contributed by atoms with Gasteiger partial charge in [-0.1, -0.05) is 13.8 Å². The Labute approximate surface area is 74.0 Å². The van der Waals surface area contributed by atoms with Crippen LogP contribution in [0.5, 0.6) is 0 Å². The fraction of sp³-hybridized carbons (Fsp3) is 0.556. The third-order valence-corrected chi connectivity index (χ3v) is 1.23. The van der Waals surface area contributed by atoms with Crippen molar-refractivity contribution in [1.29, 1.82) is 0 Å². The molecule has 12 heavy (non-hydrogen) atoms. The van der Waals surface area contributed by atoms with Crippen molar-refractivity contribution in [3.8, 4) is 0 Å². The first-order chi connectivity index (χ1) is 5.83. The number of nitrogens with two attached hydrogens (primary N) is 1. The number of rotatable bonds is 2. The molecule has 0 unspecified atom stereocenters. The molecule has 0 fully saturated rings. The lowest BCUT2D eigenvalue weighted by Crippen LogP contribution is -2.04. The van der Waals surface area contributed by atoms with Gasteiger partial charge in [0.05, 0.1) is 11.4 Å². The molecule has 0 bridgehead atoms. The smallest absolute Gasteiger partial charge is 0.0599 e. The summed E-state index contributed by atoms with van der Waals surface area (Å²) in [7, 11) is 0. The third-order valence-electron chi connectivity index (χ3n) is 1.23. The van der Waals surface area contributed by atoms with E-state index in [0.29, 0.717) is 6.54 Å². The van der Waals surface area contributed by atoms with Gasteiger partial charge in [0.15, 0.2) is 0 Å². The molecule has 0 aliphatic heterocycles. The molecule has 0 aliphatic rings. The van der Waals surface area contributed by atoms with Gasteiger partial charge in [-0.05, 0) is 13.5 Å². The summed E-state index contributed by atoms with van der Waals surface area (Å²) in [5, 5.41) is 0. The number of aromatic nitrogens is 2. The molecule has 0 amide bonds. The van der Waals surface area contributed by atoms with Gasteiger partial charge in [0.2, 0.25) is 0 Å². The maximum Gasteiger partial charge on any atom is 0.0599 e. The third kappa shape index (κ3) is 4.03. The van der Waals surface area contributed by atoms with Crippen LogP contribution in [0, 0.1) is 6.92 Å². The summed E-state index contributed by atoms with van der Waals surface area (Å²) >= 11 is 0. The lowest BCUT2D eigenvalue weighted by atomic mass is 10.3. The lowest BCUT2D eigenvalue weighted by molar-refractivity contribution is 0.899. The summed E-state index contributed by atoms with van der Waals surface area (Å²) in [6.45, 7) is 6.55. The molecule has 1 heterocycles. The molecule has 2 N–H and O–H groups in total. The average Bonchev–Trinajstić information content (AvgIpc) is 2.13. The van der Waals surface area contributed by atoms with E-state index in [-0.39, 0.29) is 0 Å². The van der Waals surface area contributed by atoms with Gasteiger partial charge < -0.3 is 5.73 Å². The van der Waals surface area contributed by atoms with Gasteiger partial charge in [0.25, 0.3) is 0 Å². The number of aryl methyl sites for hydroxylation is 1. The Hall–Kier alpha value is -0.960. The van der Waals surface area contributed by atoms with Crippen molar-refractivity contribution in [1.82, 2.24) is 9.97 Å². The number of hydrogen-bond acceptors (Lipinski definition) is 3. The van der Waals surface area contributed by atoms with E-state index in [0.717, 1.165) is 17.8 Å². The minimum Gasteiger partial charge on any atom is -0.330 e. The number of nitrogens with zero attached hydrogens (tertiary/aromatic N) is 2. The van der Waals surface area contributed by atoms with Gasteiger partial charge >= 0.3 is 0 Å². The fourth-order valence-electron chi connectivity index (χ4n) is 0.696. The highest BCUT2D eigenvalue weighted by Crippen LogP contribution is 1.92. The Morgan fingerprint density at radius 1 is 1.25 bits per heavy atom. The zero-order chi connectivity index (χ0) is 9.40. The van der Waals surface area contributed by atoms with Gasteiger partial charge in [0, 0.05) is 18.8 Å². The SMILES string of the molecule is CC.Cc1cnc(CCN)cn1. The summed E-state index contributed by atoms with van der Waals surface area (Å²) in [6.07, 6.45) is 4.33. The molecule has 0 saturated heterocycles. The zero-order valence-corrected chi connectivity index (χ0v) is 8.04. The van der Waals surface area contributed by atoms with Crippen LogP contribution < -0.4 is 5.73 Å². The summed E-state index contributed by atoms with van der Waals surface area (Å²) < 4.78 is 0. The second kappa shape index (κ2) is 6.73. The molecular weight excluding hydrogens is 150 g/mol. The number of hydrogen-bond donors (Lipinski definition) is 1. The Morgan fingerprint density at radius 3 is 2.33 bits per heavy atom. The molecule has 1 rings (SSSR count). The van der Waals surface area contributed by atoms with Crippen LogP contribution in [0.4, 0.5) is 0 Å². The van der Waals surface area contributed by atoms with Crippen molar-refractivity contribution in [3.63, 3.8) is 0 Å². The predicted octanol–water partition coefficient (Wildman–Crippen LogP) is 1.31. The van der Waals surface area contributed by atoms with E-state index in [1.807, 2.05) is 20.8 Å². The Morgan fingerprint density at radius 2 is 1.92 bits per heavy atom. The second-order valence-electron chi connectivity index (χ2n) is 2.19. The second-order valence-corrected chi connectivity index (χ2v) is 2.19. The van der Waals surface area contributed by atoms with E-state index >= 15 is 0 Å². The standard InChI is InChI=1S/C7H11N3.C2H6/c1-6-4-10-7(2-3-8)5-9-6;1-2/h4-5H,2-3,8H2,1H3;1-2H3. The van der Waals surface area contributed by atoms with Crippen LogP contribution in [0.1, 0.15) is 25.2 Å². The van der Waals surface area contributed by atoms with Crippen LogP contribution in [-0.4, -0.2) is 16.5 Å². The quantitative estimate of drug-likeness (QED) is 0.722. The molecule has 68 valence electrons. The first-order valence-corrected chi connectivity index (χ1v) is 4.30. The van der Waals surface area contributed by atoms with E-state index in [9.17, 15) is 0 Å². The van der Waals surface area contributed by atoms with Crippen molar-refractivity contribution < 1.29 is 0 Å². The first-order valence-electron chi connectivity index (χ1n) is 4.30. The van der Waals surface area contributed by atoms with E-state index in [1.54, 1.807) is 12.4 Å². The van der Waals surface area contributed by atoms with Gasteiger partial charge in [0.1, 0.15) is 0 Å². The predicted molar refractivity (Wildman–Crippen MR) is 50.9 cm³/mol. The summed E-state index contributed by atoms with van der Waals surface area (Å²) in [4.78, 5) is 8.21. The average molecular weight is 167 g/mol. The highest BCUT2D eigenvalue weighted by atomic mass is 14.8. The minimum atomic E-state index is 0.637. The molecule has 0 saturated carbocycles.